The SMILES string of the molecule is Cc1ccc(P(c2ccc(C)cc2)c2cccc3c2OC2CCC[C@H](C3)Oc3c(cccc3P(c3ccc(C)cc3)c3ccc(C)cc3)C2)cc1. The van der Waals surface area contributed by atoms with Gasteiger partial charge < -0.3 is 9.47 Å². The van der Waals surface area contributed by atoms with Gasteiger partial charge in [-0.25, -0.2) is 0 Å². The molecule has 6 aromatic carbocycles. The molecule has 0 saturated carbocycles. The summed E-state index contributed by atoms with van der Waals surface area (Å²) in [5, 5.41) is 8.01. The van der Waals surface area contributed by atoms with Crippen LogP contribution >= 0.6 is 15.8 Å². The van der Waals surface area contributed by atoms with E-state index in [-0.39, 0.29) is 12.2 Å². The first kappa shape index (κ1) is 33.9. The highest BCUT2D eigenvalue weighted by atomic mass is 31.1. The molecule has 256 valence electrons. The summed E-state index contributed by atoms with van der Waals surface area (Å²) in [4.78, 5) is 0. The Bertz CT molecular complexity index is 1870. The quantitative estimate of drug-likeness (QED) is 0.161. The van der Waals surface area contributed by atoms with Gasteiger partial charge in [-0.1, -0.05) is 156 Å². The van der Waals surface area contributed by atoms with Crippen LogP contribution in [0, 0.1) is 27.7 Å². The predicted octanol–water partition coefficient (Wildman–Crippen LogP) is 8.91. The van der Waals surface area contributed by atoms with E-state index >= 15 is 0 Å². The Hall–Kier alpha value is -4.22. The summed E-state index contributed by atoms with van der Waals surface area (Å²) in [5.41, 5.74) is 7.64. The number of ether oxygens (including phenoxy) is 2. The second kappa shape index (κ2) is 14.8. The lowest BCUT2D eigenvalue weighted by Gasteiger charge is -2.30. The molecular formula is C47H46O2P2. The van der Waals surface area contributed by atoms with Crippen LogP contribution in [0.4, 0.5) is 0 Å². The van der Waals surface area contributed by atoms with E-state index in [4.69, 9.17) is 9.47 Å². The topological polar surface area (TPSA) is 18.5 Å². The van der Waals surface area contributed by atoms with E-state index in [1.807, 2.05) is 0 Å². The molecule has 0 saturated heterocycles. The summed E-state index contributed by atoms with van der Waals surface area (Å²) < 4.78 is 14.7. The zero-order chi connectivity index (χ0) is 34.9. The third-order valence-corrected chi connectivity index (χ3v) is 15.2. The van der Waals surface area contributed by atoms with Gasteiger partial charge in [0.1, 0.15) is 23.7 Å². The van der Waals surface area contributed by atoms with Gasteiger partial charge in [-0.05, 0) is 95.1 Å². The lowest BCUT2D eigenvalue weighted by molar-refractivity contribution is 0.189. The molecule has 2 heterocycles. The van der Waals surface area contributed by atoms with Gasteiger partial charge in [-0.3, -0.25) is 0 Å². The molecule has 2 nitrogen and oxygen atoms in total. The first-order valence-corrected chi connectivity index (χ1v) is 21.0. The van der Waals surface area contributed by atoms with Gasteiger partial charge in [-0.15, -0.1) is 0 Å². The molecule has 2 atom stereocenters. The van der Waals surface area contributed by atoms with Crippen LogP contribution in [0.3, 0.4) is 0 Å². The zero-order valence-corrected chi connectivity index (χ0v) is 31.9. The second-order valence-corrected chi connectivity index (χ2v) is 18.7. The van der Waals surface area contributed by atoms with E-state index in [0.717, 1.165) is 43.6 Å². The molecule has 2 aliphatic heterocycles. The Morgan fingerprint density at radius 3 is 1.04 bits per heavy atom. The van der Waals surface area contributed by atoms with Crippen LogP contribution in [0.15, 0.2) is 133 Å². The van der Waals surface area contributed by atoms with Crippen molar-refractivity contribution in [2.75, 3.05) is 0 Å². The Morgan fingerprint density at radius 1 is 0.412 bits per heavy atom. The van der Waals surface area contributed by atoms with Gasteiger partial charge >= 0.3 is 0 Å². The summed E-state index contributed by atoms with van der Waals surface area (Å²) in [6, 6.07) is 50.3. The van der Waals surface area contributed by atoms with Gasteiger partial charge in [0.2, 0.25) is 0 Å². The van der Waals surface area contributed by atoms with Gasteiger partial charge in [0.15, 0.2) is 0 Å². The molecule has 51 heavy (non-hydrogen) atoms. The van der Waals surface area contributed by atoms with Crippen LogP contribution in [-0.2, 0) is 12.8 Å². The number of rotatable bonds is 6. The fraction of sp³-hybridized carbons (Fsp3) is 0.234. The Morgan fingerprint density at radius 2 is 0.725 bits per heavy atom. The lowest BCUT2D eigenvalue weighted by Crippen LogP contribution is -2.30. The molecule has 0 aliphatic carbocycles. The molecule has 2 aliphatic rings. The van der Waals surface area contributed by atoms with E-state index in [0.29, 0.717) is 0 Å². The van der Waals surface area contributed by atoms with E-state index in [1.165, 1.54) is 65.2 Å². The Kier molecular flexibility index (Phi) is 9.83. The zero-order valence-electron chi connectivity index (χ0n) is 30.1. The largest absolute Gasteiger partial charge is 0.489 e. The van der Waals surface area contributed by atoms with Crippen molar-refractivity contribution in [1.82, 2.24) is 0 Å². The standard InChI is InChI=1S/C47H46O2P2/c1-32-14-22-40(23-15-32)50(41-24-16-33(2)17-25-41)44-12-5-8-36-30-39-11-7-10-38(48-46(36)44)31-37-9-6-13-45(47(37)49-39)51(42-26-18-34(3)19-27-42)43-28-20-35(4)21-29-43/h5-6,8-9,12-29,38-39H,7,10-11,30-31H2,1-4H3/t38-,39?/m1/s1. The molecule has 4 heteroatoms. The van der Waals surface area contributed by atoms with Crippen LogP contribution < -0.4 is 41.3 Å². The first-order chi connectivity index (χ1) is 24.9. The van der Waals surface area contributed by atoms with Crippen molar-refractivity contribution in [1.29, 1.82) is 0 Å². The fourth-order valence-corrected chi connectivity index (χ4v) is 12.3. The highest BCUT2D eigenvalue weighted by Crippen LogP contribution is 2.43. The van der Waals surface area contributed by atoms with Gasteiger partial charge in [-0.2, -0.15) is 0 Å². The number of fused-ring (bicyclic) bond motifs is 6. The smallest absolute Gasteiger partial charge is 0.131 e. The highest BCUT2D eigenvalue weighted by molar-refractivity contribution is 7.80. The molecule has 2 bridgehead atoms. The molecule has 0 N–H and O–H groups in total. The minimum atomic E-state index is -0.825. The van der Waals surface area contributed by atoms with Crippen LogP contribution in [0.1, 0.15) is 52.6 Å². The fourth-order valence-electron chi connectivity index (χ4n) is 7.52. The molecule has 0 amide bonds. The number of hydrogen-bond donors (Lipinski definition) is 0. The first-order valence-electron chi connectivity index (χ1n) is 18.3. The molecule has 0 aromatic heterocycles. The van der Waals surface area contributed by atoms with E-state index in [9.17, 15) is 0 Å². The average molecular weight is 705 g/mol. The molecular weight excluding hydrogens is 658 g/mol. The molecule has 0 fully saturated rings. The highest BCUT2D eigenvalue weighted by Gasteiger charge is 2.32. The molecule has 0 radical (unpaired) electrons. The minimum Gasteiger partial charge on any atom is -0.489 e. The maximum absolute atomic E-state index is 7.36. The van der Waals surface area contributed by atoms with Crippen LogP contribution in [0.2, 0.25) is 0 Å². The van der Waals surface area contributed by atoms with Crippen LogP contribution in [0.5, 0.6) is 11.5 Å². The number of benzene rings is 6. The van der Waals surface area contributed by atoms with Crippen molar-refractivity contribution in [3.8, 4) is 11.5 Å². The molecule has 1 unspecified atom stereocenters. The second-order valence-electron chi connectivity index (χ2n) is 14.4. The third-order valence-electron chi connectivity index (χ3n) is 10.3. The molecule has 6 aromatic rings. The van der Waals surface area contributed by atoms with Crippen molar-refractivity contribution < 1.29 is 9.47 Å². The lowest BCUT2D eigenvalue weighted by atomic mass is 10.0. The normalized spacial score (nSPS) is 16.9. The molecule has 8 rings (SSSR count). The maximum Gasteiger partial charge on any atom is 0.131 e. The van der Waals surface area contributed by atoms with Crippen LogP contribution in [0.25, 0.3) is 0 Å². The number of para-hydroxylation sites is 2. The predicted molar refractivity (Wildman–Crippen MR) is 219 cm³/mol. The van der Waals surface area contributed by atoms with Crippen molar-refractivity contribution in [2.45, 2.75) is 72.0 Å². The number of hydrogen-bond acceptors (Lipinski definition) is 2. The average Bonchev–Trinajstić information content (AvgIpc) is 3.28. The number of aryl methyl sites for hydroxylation is 4. The Labute approximate surface area is 306 Å². The van der Waals surface area contributed by atoms with Crippen molar-refractivity contribution >= 4 is 47.7 Å². The maximum atomic E-state index is 7.36. The van der Waals surface area contributed by atoms with Gasteiger partial charge in [0, 0.05) is 23.5 Å². The minimum absolute atomic E-state index is 0.0530. The van der Waals surface area contributed by atoms with E-state index in [2.05, 4.69) is 161 Å². The summed E-state index contributed by atoms with van der Waals surface area (Å²) in [7, 11) is -1.65. The third kappa shape index (κ3) is 7.28. The summed E-state index contributed by atoms with van der Waals surface area (Å²) in [5.74, 6) is 2.15. The molecule has 0 spiro atoms. The summed E-state index contributed by atoms with van der Waals surface area (Å²) >= 11 is 0. The van der Waals surface area contributed by atoms with Crippen molar-refractivity contribution in [3.05, 3.63) is 167 Å². The monoisotopic (exact) mass is 704 g/mol. The summed E-state index contributed by atoms with van der Waals surface area (Å²) in [6.07, 6.45) is 4.85. The van der Waals surface area contributed by atoms with Crippen molar-refractivity contribution in [3.63, 3.8) is 0 Å². The van der Waals surface area contributed by atoms with Gasteiger partial charge in [0.25, 0.3) is 0 Å². The van der Waals surface area contributed by atoms with E-state index < -0.39 is 15.8 Å². The van der Waals surface area contributed by atoms with Crippen LogP contribution in [-0.4, -0.2) is 12.2 Å². The van der Waals surface area contributed by atoms with Crippen molar-refractivity contribution in [2.24, 2.45) is 0 Å². The van der Waals surface area contributed by atoms with E-state index in [1.54, 1.807) is 0 Å². The summed E-state index contributed by atoms with van der Waals surface area (Å²) in [6.45, 7) is 8.67. The van der Waals surface area contributed by atoms with Gasteiger partial charge in [0.05, 0.1) is 0 Å². The Balaban J connectivity index is 1.23.